The van der Waals surface area contributed by atoms with Crippen molar-refractivity contribution in [3.05, 3.63) is 63.1 Å². The van der Waals surface area contributed by atoms with Gasteiger partial charge in [-0.2, -0.15) is 0 Å². The number of halogens is 2. The van der Waals surface area contributed by atoms with Crippen LogP contribution < -0.4 is 10.5 Å². The molecule has 0 aromatic heterocycles. The van der Waals surface area contributed by atoms with Gasteiger partial charge in [-0.3, -0.25) is 0 Å². The summed E-state index contributed by atoms with van der Waals surface area (Å²) < 4.78 is 40.4. The number of rotatable bonds is 12. The number of nitrogens with two attached hydrogens (primary N) is 1. The first-order chi connectivity index (χ1) is 16.6. The Morgan fingerprint density at radius 1 is 1.14 bits per heavy atom. The van der Waals surface area contributed by atoms with E-state index in [0.717, 1.165) is 23.2 Å². The largest absolute Gasteiger partial charge is 0.378 e. The van der Waals surface area contributed by atoms with Crippen LogP contribution >= 0.6 is 23.2 Å². The highest BCUT2D eigenvalue weighted by atomic mass is 35.5. The quantitative estimate of drug-likeness (QED) is 0.394. The van der Waals surface area contributed by atoms with E-state index >= 15 is 0 Å². The van der Waals surface area contributed by atoms with E-state index in [2.05, 4.69) is 9.62 Å². The summed E-state index contributed by atoms with van der Waals surface area (Å²) in [5.41, 5.74) is 8.36. The first kappa shape index (κ1) is 28.3. The predicted molar refractivity (Wildman–Crippen MR) is 141 cm³/mol. The first-order valence-corrected chi connectivity index (χ1v) is 14.0. The van der Waals surface area contributed by atoms with E-state index in [-0.39, 0.29) is 29.4 Å². The molecule has 0 saturated heterocycles. The number of sulfonamides is 1. The standard InChI is InChI=1S/C25H35Cl2N3O4S/c1-17(2)25(16-34-10-9-33-8-7-28)29-35(31,32)20-6-4-5-18(11-20)22-14-30(3)15-23-21(22)12-19(26)13-24(23)27/h4-6,11-13,17,22,25,29H,7-10,14-16,28H2,1-3H3/t22-,25-/m0/s1. The van der Waals surface area contributed by atoms with Gasteiger partial charge in [-0.15, -0.1) is 0 Å². The molecule has 3 N–H and O–H groups in total. The summed E-state index contributed by atoms with van der Waals surface area (Å²) in [4.78, 5) is 2.39. The number of hydrogen-bond acceptors (Lipinski definition) is 6. The van der Waals surface area contributed by atoms with E-state index in [0.29, 0.717) is 43.0 Å². The van der Waals surface area contributed by atoms with Gasteiger partial charge in [-0.25, -0.2) is 13.1 Å². The van der Waals surface area contributed by atoms with Gasteiger partial charge in [0.2, 0.25) is 10.0 Å². The maximum atomic E-state index is 13.3. The Kier molecular flexibility index (Phi) is 10.4. The lowest BCUT2D eigenvalue weighted by molar-refractivity contribution is 0.0393. The minimum absolute atomic E-state index is 0.0427. The normalized spacial score (nSPS) is 17.5. The van der Waals surface area contributed by atoms with Crippen LogP contribution in [0.15, 0.2) is 41.3 Å². The molecule has 0 radical (unpaired) electrons. The lowest BCUT2D eigenvalue weighted by Crippen LogP contribution is -2.42. The summed E-state index contributed by atoms with van der Waals surface area (Å²) in [5, 5.41) is 1.20. The molecule has 1 heterocycles. The minimum Gasteiger partial charge on any atom is -0.378 e. The fourth-order valence-corrected chi connectivity index (χ4v) is 6.17. The fourth-order valence-electron chi connectivity index (χ4n) is 4.17. The molecule has 2 atom stereocenters. The molecule has 194 valence electrons. The molecule has 0 amide bonds. The third-order valence-corrected chi connectivity index (χ3v) is 8.15. The van der Waals surface area contributed by atoms with Crippen LogP contribution in [0.2, 0.25) is 10.0 Å². The summed E-state index contributed by atoms with van der Waals surface area (Å²) >= 11 is 12.8. The van der Waals surface area contributed by atoms with Crippen molar-refractivity contribution >= 4 is 33.2 Å². The second kappa shape index (κ2) is 12.8. The molecule has 2 aromatic rings. The molecule has 7 nitrogen and oxygen atoms in total. The molecule has 0 saturated carbocycles. The highest BCUT2D eigenvalue weighted by Crippen LogP contribution is 2.38. The lowest BCUT2D eigenvalue weighted by Gasteiger charge is -2.33. The Hall–Kier alpha value is -1.23. The molecule has 35 heavy (non-hydrogen) atoms. The zero-order chi connectivity index (χ0) is 25.6. The third-order valence-electron chi connectivity index (χ3n) is 6.11. The molecule has 0 aliphatic carbocycles. The predicted octanol–water partition coefficient (Wildman–Crippen LogP) is 3.87. The maximum Gasteiger partial charge on any atom is 0.240 e. The molecule has 0 spiro atoms. The van der Waals surface area contributed by atoms with Crippen LogP contribution in [0, 0.1) is 5.92 Å². The van der Waals surface area contributed by atoms with Gasteiger partial charge in [0.05, 0.1) is 31.3 Å². The molecule has 2 aromatic carbocycles. The Labute approximate surface area is 218 Å². The summed E-state index contributed by atoms with van der Waals surface area (Å²) in [6.45, 7) is 7.34. The number of hydrogen-bond donors (Lipinski definition) is 2. The smallest absolute Gasteiger partial charge is 0.240 e. The number of nitrogens with zero attached hydrogens (tertiary/aromatic N) is 1. The van der Waals surface area contributed by atoms with Gasteiger partial charge in [-0.1, -0.05) is 49.2 Å². The van der Waals surface area contributed by atoms with Gasteiger partial charge >= 0.3 is 0 Å². The van der Waals surface area contributed by atoms with E-state index in [9.17, 15) is 8.42 Å². The van der Waals surface area contributed by atoms with E-state index in [1.807, 2.05) is 33.0 Å². The molecule has 10 heteroatoms. The summed E-state index contributed by atoms with van der Waals surface area (Å²) in [6.07, 6.45) is 0. The van der Waals surface area contributed by atoms with Gasteiger partial charge in [0.1, 0.15) is 0 Å². The van der Waals surface area contributed by atoms with E-state index in [1.165, 1.54) is 0 Å². The molecule has 1 aliphatic heterocycles. The van der Waals surface area contributed by atoms with Crippen molar-refractivity contribution in [1.82, 2.24) is 9.62 Å². The second-order valence-electron chi connectivity index (χ2n) is 9.22. The Bertz CT molecular complexity index is 1100. The lowest BCUT2D eigenvalue weighted by atomic mass is 9.85. The maximum absolute atomic E-state index is 13.3. The molecular formula is C25H35Cl2N3O4S. The topological polar surface area (TPSA) is 93.9 Å². The third kappa shape index (κ3) is 7.63. The number of likely N-dealkylation sites (N-methyl/N-ethyl adjacent to an activating group) is 1. The van der Waals surface area contributed by atoms with Crippen molar-refractivity contribution < 1.29 is 17.9 Å². The van der Waals surface area contributed by atoms with Gasteiger partial charge in [-0.05, 0) is 53.9 Å². The van der Waals surface area contributed by atoms with Gasteiger partial charge in [0.25, 0.3) is 0 Å². The zero-order valence-electron chi connectivity index (χ0n) is 20.5. The highest BCUT2D eigenvalue weighted by molar-refractivity contribution is 7.89. The molecule has 0 fully saturated rings. The zero-order valence-corrected chi connectivity index (χ0v) is 22.8. The van der Waals surface area contributed by atoms with Crippen molar-refractivity contribution in [2.24, 2.45) is 11.7 Å². The first-order valence-electron chi connectivity index (χ1n) is 11.8. The Morgan fingerprint density at radius 2 is 1.89 bits per heavy atom. The van der Waals surface area contributed by atoms with Crippen molar-refractivity contribution in [2.75, 3.05) is 46.6 Å². The fraction of sp³-hybridized carbons (Fsp3) is 0.520. The van der Waals surface area contributed by atoms with Crippen LogP contribution in [-0.4, -0.2) is 65.9 Å². The number of nitrogens with one attached hydrogen (secondary N) is 1. The van der Waals surface area contributed by atoms with Gasteiger partial charge in [0, 0.05) is 41.6 Å². The monoisotopic (exact) mass is 543 g/mol. The van der Waals surface area contributed by atoms with Crippen LogP contribution in [-0.2, 0) is 26.0 Å². The molecule has 3 rings (SSSR count). The number of ether oxygens (including phenoxy) is 2. The van der Waals surface area contributed by atoms with Crippen LogP contribution in [0.1, 0.15) is 36.5 Å². The van der Waals surface area contributed by atoms with Crippen LogP contribution in [0.3, 0.4) is 0 Å². The average Bonchev–Trinajstić information content (AvgIpc) is 2.80. The van der Waals surface area contributed by atoms with Crippen LogP contribution in [0.4, 0.5) is 0 Å². The summed E-state index contributed by atoms with van der Waals surface area (Å²) in [5.74, 6) is -0.00563. The summed E-state index contributed by atoms with van der Waals surface area (Å²) in [6, 6.07) is 10.4. The van der Waals surface area contributed by atoms with Crippen molar-refractivity contribution in [1.29, 1.82) is 0 Å². The van der Waals surface area contributed by atoms with Crippen molar-refractivity contribution in [3.8, 4) is 0 Å². The van der Waals surface area contributed by atoms with Gasteiger partial charge in [0.15, 0.2) is 0 Å². The Balaban J connectivity index is 1.79. The average molecular weight is 545 g/mol. The Morgan fingerprint density at radius 3 is 2.60 bits per heavy atom. The SMILES string of the molecule is CC(C)[C@H](COCCOCCN)NS(=O)(=O)c1cccc([C@@H]2CN(C)Cc3c(Cl)cc(Cl)cc32)c1. The molecule has 1 aliphatic rings. The summed E-state index contributed by atoms with van der Waals surface area (Å²) in [7, 11) is -1.74. The van der Waals surface area contributed by atoms with Crippen molar-refractivity contribution in [2.45, 2.75) is 37.2 Å². The molecule has 0 unspecified atom stereocenters. The van der Waals surface area contributed by atoms with Crippen LogP contribution in [0.25, 0.3) is 0 Å². The van der Waals surface area contributed by atoms with E-state index in [1.54, 1.807) is 24.3 Å². The van der Waals surface area contributed by atoms with Crippen LogP contribution in [0.5, 0.6) is 0 Å². The van der Waals surface area contributed by atoms with E-state index < -0.39 is 10.0 Å². The molecular weight excluding hydrogens is 509 g/mol. The highest BCUT2D eigenvalue weighted by Gasteiger charge is 2.29. The van der Waals surface area contributed by atoms with Crippen molar-refractivity contribution in [3.63, 3.8) is 0 Å². The number of fused-ring (bicyclic) bond motifs is 1. The minimum atomic E-state index is -3.77. The molecule has 0 bridgehead atoms. The number of benzene rings is 2. The van der Waals surface area contributed by atoms with Gasteiger partial charge < -0.3 is 20.1 Å². The van der Waals surface area contributed by atoms with E-state index in [4.69, 9.17) is 38.4 Å². The second-order valence-corrected chi connectivity index (χ2v) is 11.8.